The van der Waals surface area contributed by atoms with E-state index in [1.54, 1.807) is 0 Å². The Morgan fingerprint density at radius 2 is 1.04 bits per heavy atom. The van der Waals surface area contributed by atoms with Crippen molar-refractivity contribution in [1.29, 1.82) is 0 Å². The van der Waals surface area contributed by atoms with Gasteiger partial charge >= 0.3 is 0 Å². The molecule has 4 aromatic rings. The molecule has 2 aliphatic carbocycles. The number of carbonyl (C=O) groups excluding carboxylic acids is 2. The van der Waals surface area contributed by atoms with E-state index in [1.807, 2.05) is 0 Å². The highest BCUT2D eigenvalue weighted by atomic mass is 32.2. The second-order valence-electron chi connectivity index (χ2n) is 11.4. The Bertz CT molecular complexity index is 2780. The summed E-state index contributed by atoms with van der Waals surface area (Å²) in [5, 5.41) is 16.0. The predicted molar refractivity (Wildman–Crippen MR) is 198 cm³/mol. The molecule has 4 aromatic carbocycles. The number of carbonyl (C=O) groups is 2. The Kier molecular flexibility index (Phi) is 9.57. The second kappa shape index (κ2) is 13.8. The van der Waals surface area contributed by atoms with Gasteiger partial charge in [0.05, 0.1) is 33.2 Å². The number of rotatable bonds is 9. The van der Waals surface area contributed by atoms with Gasteiger partial charge in [-0.25, -0.2) is 0 Å². The predicted octanol–water partition coefficient (Wildman–Crippen LogP) is 4.30. The van der Waals surface area contributed by atoms with Crippen molar-refractivity contribution in [3.63, 3.8) is 0 Å². The summed E-state index contributed by atoms with van der Waals surface area (Å²) in [6, 6.07) is 18.0. The van der Waals surface area contributed by atoms with Crippen LogP contribution in [0.3, 0.4) is 0 Å². The Morgan fingerprint density at radius 1 is 0.556 bits per heavy atom. The van der Waals surface area contributed by atoms with E-state index < -0.39 is 73.7 Å². The molecule has 0 atom stereocenters. The van der Waals surface area contributed by atoms with Crippen molar-refractivity contribution in [2.24, 2.45) is 20.4 Å². The molecule has 0 amide bonds. The van der Waals surface area contributed by atoms with E-state index >= 15 is 0 Å². The fourth-order valence-corrected chi connectivity index (χ4v) is 7.02. The molecule has 0 heterocycles. The molecule has 6 rings (SSSR count). The van der Waals surface area contributed by atoms with E-state index in [0.29, 0.717) is 17.1 Å². The van der Waals surface area contributed by atoms with Gasteiger partial charge in [-0.2, -0.15) is 45.7 Å². The molecule has 9 N–H and O–H groups in total. The number of hydrogen-bond acceptors (Lipinski definition) is 16. The molecule has 54 heavy (non-hydrogen) atoms. The summed E-state index contributed by atoms with van der Waals surface area (Å²) < 4.78 is 100. The van der Waals surface area contributed by atoms with E-state index in [-0.39, 0.29) is 33.6 Å². The number of benzene rings is 4. The maximum atomic E-state index is 13.2. The third kappa shape index (κ3) is 7.82. The Hall–Kier alpha value is -6.43. The molecule has 0 radical (unpaired) electrons. The van der Waals surface area contributed by atoms with Gasteiger partial charge in [0, 0.05) is 16.9 Å². The number of nitrogens with two attached hydrogens (primary N) is 2. The number of fused-ring (bicyclic) bond motifs is 2. The fraction of sp³-hybridized carbons (Fsp3) is 0. The number of azo groups is 1. The molecule has 0 aliphatic heterocycles. The normalized spacial score (nSPS) is 16.2. The lowest BCUT2D eigenvalue weighted by molar-refractivity contribution is 0.105. The number of hydrogen-bond donors (Lipinski definition) is 7. The Morgan fingerprint density at radius 3 is 1.52 bits per heavy atom. The zero-order valence-corrected chi connectivity index (χ0v) is 29.4. The summed E-state index contributed by atoms with van der Waals surface area (Å²) >= 11 is 0. The number of anilines is 4. The first kappa shape index (κ1) is 37.3. The Labute approximate surface area is 305 Å². The van der Waals surface area contributed by atoms with Crippen LogP contribution < -0.4 is 22.3 Å². The lowest BCUT2D eigenvalue weighted by atomic mass is 9.93. The molecule has 0 saturated carbocycles. The number of nitrogens with one attached hydrogen (secondary N) is 2. The van der Waals surface area contributed by atoms with Crippen molar-refractivity contribution in [3.05, 3.63) is 111 Å². The van der Waals surface area contributed by atoms with Crippen LogP contribution in [0.1, 0.15) is 31.8 Å². The van der Waals surface area contributed by atoms with E-state index in [2.05, 4.69) is 31.3 Å². The highest BCUT2D eigenvalue weighted by Gasteiger charge is 2.35. The van der Waals surface area contributed by atoms with Crippen molar-refractivity contribution in [3.8, 4) is 0 Å². The number of allylic oxidation sites excluding steroid dienone is 2. The van der Waals surface area contributed by atoms with E-state index in [0.717, 1.165) is 24.3 Å². The summed E-state index contributed by atoms with van der Waals surface area (Å²) in [6.45, 7) is 0. The zero-order chi connectivity index (χ0) is 39.2. The summed E-state index contributed by atoms with van der Waals surface area (Å²) in [5.74, 6) is -1.80. The van der Waals surface area contributed by atoms with Crippen molar-refractivity contribution in [2.45, 2.75) is 4.90 Å². The zero-order valence-electron chi connectivity index (χ0n) is 26.9. The summed E-state index contributed by atoms with van der Waals surface area (Å²) in [4.78, 5) is 23.9. The number of hydrazone groups is 2. The lowest BCUT2D eigenvalue weighted by Crippen LogP contribution is -2.28. The largest absolute Gasteiger partial charge is 0.399 e. The van der Waals surface area contributed by atoms with Gasteiger partial charge in [-0.1, -0.05) is 0 Å². The van der Waals surface area contributed by atoms with E-state index in [1.165, 1.54) is 66.7 Å². The van der Waals surface area contributed by atoms with Gasteiger partial charge in [0.25, 0.3) is 30.4 Å². The summed E-state index contributed by atoms with van der Waals surface area (Å²) in [5.41, 5.74) is 16.4. The van der Waals surface area contributed by atoms with Crippen LogP contribution in [0.4, 0.5) is 34.1 Å². The van der Waals surface area contributed by atoms with Crippen molar-refractivity contribution < 1.29 is 48.5 Å². The molecule has 276 valence electrons. The smallest absolute Gasteiger partial charge is 0.296 e. The van der Waals surface area contributed by atoms with Crippen LogP contribution in [0.5, 0.6) is 0 Å². The van der Waals surface area contributed by atoms with Gasteiger partial charge in [0.15, 0.2) is 11.4 Å². The van der Waals surface area contributed by atoms with Crippen LogP contribution in [0.25, 0.3) is 12.2 Å². The molecule has 0 aromatic heterocycles. The van der Waals surface area contributed by atoms with Crippen LogP contribution in [0.15, 0.2) is 114 Å². The maximum absolute atomic E-state index is 13.2. The monoisotopic (exact) mass is 792 g/mol. The van der Waals surface area contributed by atoms with Crippen molar-refractivity contribution in [1.82, 2.24) is 0 Å². The van der Waals surface area contributed by atoms with Crippen LogP contribution in [-0.4, -0.2) is 61.9 Å². The molecule has 2 aliphatic rings. The highest BCUT2D eigenvalue weighted by molar-refractivity contribution is 7.91. The molecule has 19 nitrogen and oxygen atoms in total. The van der Waals surface area contributed by atoms with Gasteiger partial charge in [-0.3, -0.25) is 34.1 Å². The molecule has 0 unspecified atom stereocenters. The molecule has 22 heteroatoms. The lowest BCUT2D eigenvalue weighted by Gasteiger charge is -2.18. The molecule has 0 bridgehead atoms. The summed E-state index contributed by atoms with van der Waals surface area (Å²) in [6.07, 6.45) is 1.89. The Balaban J connectivity index is 1.15. The molecule has 0 saturated heterocycles. The van der Waals surface area contributed by atoms with Gasteiger partial charge in [-0.05, 0) is 102 Å². The standard InChI is InChI=1S/C32H24N8O11S3/c33-18-1-10-24-16(11-18)13-26(53(46,47)48)29(31(24)41)39-37-21-6-2-19(3-7-21)35-36-20-4-8-22(9-5-20)38-40-30-27(54(49,50)51)14-17-12-23(52(43,44)45)15-25(34)28(17)32(30)42/h1-15,37-38H,33-34H2,(H,43,44,45)(H,46,47,48)(H,49,50,51)/b36-35?,39-29-,40-30+. The number of nitrogens with zero attached hydrogens (tertiary/aromatic N) is 4. The van der Waals surface area contributed by atoms with Crippen LogP contribution in [0, 0.1) is 0 Å². The number of ketones is 2. The van der Waals surface area contributed by atoms with Gasteiger partial charge in [0.1, 0.15) is 9.81 Å². The second-order valence-corrected chi connectivity index (χ2v) is 15.6. The van der Waals surface area contributed by atoms with E-state index in [9.17, 15) is 48.5 Å². The summed E-state index contributed by atoms with van der Waals surface area (Å²) in [7, 11) is -14.7. The van der Waals surface area contributed by atoms with Gasteiger partial charge < -0.3 is 11.5 Å². The fourth-order valence-electron chi connectivity index (χ4n) is 5.15. The van der Waals surface area contributed by atoms with Crippen molar-refractivity contribution >= 4 is 99.6 Å². The van der Waals surface area contributed by atoms with Gasteiger partial charge in [0.2, 0.25) is 11.6 Å². The number of nitrogen functional groups attached to an aromatic ring is 2. The molecule has 0 fully saturated rings. The molecule has 0 spiro atoms. The van der Waals surface area contributed by atoms with E-state index in [4.69, 9.17) is 11.5 Å². The molecular formula is C32H24N8O11S3. The quantitative estimate of drug-likeness (QED) is 0.0538. The van der Waals surface area contributed by atoms with Crippen LogP contribution >= 0.6 is 0 Å². The third-order valence-electron chi connectivity index (χ3n) is 7.65. The minimum atomic E-state index is -5.06. The topological polar surface area (TPSA) is 323 Å². The highest BCUT2D eigenvalue weighted by Crippen LogP contribution is 2.33. The average molecular weight is 793 g/mol. The minimum absolute atomic E-state index is 0.144. The van der Waals surface area contributed by atoms with Crippen LogP contribution in [-0.2, 0) is 30.4 Å². The van der Waals surface area contributed by atoms with Crippen LogP contribution in [0.2, 0.25) is 0 Å². The minimum Gasteiger partial charge on any atom is -0.399 e. The third-order valence-corrected chi connectivity index (χ3v) is 10.2. The van der Waals surface area contributed by atoms with Gasteiger partial charge in [-0.15, -0.1) is 0 Å². The molecular weight excluding hydrogens is 769 g/mol. The maximum Gasteiger partial charge on any atom is 0.296 e. The van der Waals surface area contributed by atoms with Crippen molar-refractivity contribution in [2.75, 3.05) is 22.3 Å². The first-order valence-corrected chi connectivity index (χ1v) is 19.2. The first-order chi connectivity index (χ1) is 25.3. The average Bonchev–Trinajstić information content (AvgIpc) is 3.09. The first-order valence-electron chi connectivity index (χ1n) is 14.9. The number of Topliss-reactive ketones (excluding diaryl/α,β-unsaturated/α-hetero) is 2. The SMILES string of the molecule is Nc1ccc2c(c1)C=C(S(=O)(=O)O)/C(=N/Nc1ccc(N=Nc3ccc(N/N=C4/C(=O)c5c(N)cc(S(=O)(=O)O)cc5C=C4S(=O)(=O)O)cc3)cc1)C2=O.